The summed E-state index contributed by atoms with van der Waals surface area (Å²) in [6, 6.07) is 11.0. The summed E-state index contributed by atoms with van der Waals surface area (Å²) in [5.74, 6) is -4.94. The van der Waals surface area contributed by atoms with Crippen LogP contribution in [0.2, 0.25) is 0 Å². The molecule has 0 bridgehead atoms. The molecule has 44 heavy (non-hydrogen) atoms. The van der Waals surface area contributed by atoms with E-state index in [1.165, 1.54) is 6.92 Å². The van der Waals surface area contributed by atoms with E-state index in [1.54, 1.807) is 19.1 Å². The van der Waals surface area contributed by atoms with Crippen LogP contribution in [-0.2, 0) is 60.5 Å². The van der Waals surface area contributed by atoms with E-state index >= 15 is 0 Å². The molecule has 238 valence electrons. The normalized spacial score (nSPS) is 22.3. The summed E-state index contributed by atoms with van der Waals surface area (Å²) in [6.45, 7) is -0.511. The summed E-state index contributed by atoms with van der Waals surface area (Å²) in [5, 5.41) is 0. The number of ether oxygens (including phenoxy) is 6. The van der Waals surface area contributed by atoms with Crippen LogP contribution >= 0.6 is 0 Å². The second-order valence-electron chi connectivity index (χ2n) is 10.1. The van der Waals surface area contributed by atoms with Gasteiger partial charge in [0, 0.05) is 45.6 Å². The highest BCUT2D eigenvalue weighted by molar-refractivity contribution is 5.71. The topological polar surface area (TPSA) is 167 Å². The Balaban J connectivity index is 2.23. The van der Waals surface area contributed by atoms with Crippen LogP contribution in [0.1, 0.15) is 73.9 Å². The summed E-state index contributed by atoms with van der Waals surface area (Å²) < 4.78 is 63.2. The molecule has 0 aromatic heterocycles. The highest BCUT2D eigenvalue weighted by Crippen LogP contribution is 2.42. The smallest absolute Gasteiger partial charge is 0.308 e. The molecular formula is C32H39NO11. The first-order valence-electron chi connectivity index (χ1n) is 16.4. The van der Waals surface area contributed by atoms with Crippen LogP contribution in [-0.4, -0.2) is 67.4 Å². The third-order valence-corrected chi connectivity index (χ3v) is 6.72. The number of esters is 5. The highest BCUT2D eigenvalue weighted by Gasteiger charge is 2.53. The Hall–Kier alpha value is -4.29. The fourth-order valence-electron chi connectivity index (χ4n) is 4.95. The molecule has 2 aromatic carbocycles. The van der Waals surface area contributed by atoms with Crippen molar-refractivity contribution in [2.75, 3.05) is 13.2 Å². The molecule has 5 atom stereocenters. The third-order valence-electron chi connectivity index (χ3n) is 6.72. The van der Waals surface area contributed by atoms with Gasteiger partial charge in [-0.3, -0.25) is 24.0 Å². The number of carbonyl (C=O) groups excluding carboxylic acids is 5. The zero-order valence-corrected chi connectivity index (χ0v) is 24.6. The monoisotopic (exact) mass is 617 g/mol. The van der Waals surface area contributed by atoms with Crippen LogP contribution in [0.15, 0.2) is 36.4 Å². The summed E-state index contributed by atoms with van der Waals surface area (Å²) in [6.07, 6.45) is -6.75. The van der Waals surface area contributed by atoms with E-state index in [0.717, 1.165) is 22.3 Å². The highest BCUT2D eigenvalue weighted by atomic mass is 16.7. The molecule has 0 aliphatic carbocycles. The summed E-state index contributed by atoms with van der Waals surface area (Å²) in [4.78, 5) is 61.7. The predicted molar refractivity (Wildman–Crippen MR) is 155 cm³/mol. The maximum absolute atomic E-state index is 12.6. The largest absolute Gasteiger partial charge is 0.463 e. The number of benzene rings is 2. The van der Waals surface area contributed by atoms with Crippen molar-refractivity contribution >= 4 is 29.8 Å². The lowest BCUT2D eigenvalue weighted by atomic mass is 9.87. The maximum Gasteiger partial charge on any atom is 0.308 e. The molecule has 12 nitrogen and oxygen atoms in total. The fraction of sp³-hybridized carbons (Fsp3) is 0.469. The van der Waals surface area contributed by atoms with Gasteiger partial charge in [0.15, 0.2) is 18.3 Å². The maximum atomic E-state index is 12.6. The van der Waals surface area contributed by atoms with Gasteiger partial charge >= 0.3 is 29.8 Å². The van der Waals surface area contributed by atoms with Crippen molar-refractivity contribution < 1.29 is 57.9 Å². The number of nitrogens with two attached hydrogens (primary N) is 1. The van der Waals surface area contributed by atoms with E-state index in [-0.39, 0.29) is 11.3 Å². The molecule has 12 heteroatoms. The second kappa shape index (κ2) is 15.4. The van der Waals surface area contributed by atoms with Crippen molar-refractivity contribution in [2.24, 2.45) is 5.73 Å². The Morgan fingerprint density at radius 1 is 0.818 bits per heavy atom. The molecule has 0 amide bonds. The second-order valence-corrected chi connectivity index (χ2v) is 10.1. The molecule has 1 saturated heterocycles. The molecule has 1 fully saturated rings. The average molecular weight is 618 g/mol. The lowest BCUT2D eigenvalue weighted by molar-refractivity contribution is -0.254. The molecule has 2 N–H and O–H groups in total. The Labute approximate surface area is 261 Å². The lowest BCUT2D eigenvalue weighted by Crippen LogP contribution is -2.59. The molecule has 2 aromatic rings. The van der Waals surface area contributed by atoms with Crippen molar-refractivity contribution in [3.8, 4) is 5.75 Å². The molecule has 0 unspecified atom stereocenters. The number of rotatable bonds is 11. The van der Waals surface area contributed by atoms with Crippen LogP contribution in [0.3, 0.4) is 0 Å². The van der Waals surface area contributed by atoms with E-state index < -0.39 is 94.6 Å². The first kappa shape index (κ1) is 28.5. The quantitative estimate of drug-likeness (QED) is 0.223. The van der Waals surface area contributed by atoms with Crippen LogP contribution in [0.4, 0.5) is 0 Å². The van der Waals surface area contributed by atoms with E-state index in [2.05, 4.69) is 0 Å². The number of carbonyl (C=O) groups is 5. The van der Waals surface area contributed by atoms with Crippen molar-refractivity contribution in [2.45, 2.75) is 84.8 Å². The van der Waals surface area contributed by atoms with Gasteiger partial charge in [0.2, 0.25) is 0 Å². The summed E-state index contributed by atoms with van der Waals surface area (Å²) in [5.41, 5.74) is 9.26. The van der Waals surface area contributed by atoms with Crippen LogP contribution in [0.5, 0.6) is 5.75 Å². The van der Waals surface area contributed by atoms with E-state index in [9.17, 15) is 24.0 Å². The first-order valence-corrected chi connectivity index (χ1v) is 13.6. The molecule has 1 aliphatic rings. The standard InChI is InChI=1S/C32H39NO11/c1-17-13-27(40-19(3)35)26(15-25(17)14-24-9-7-23(8-10-24)11-12-33)29-31(42-21(5)37)32(43-22(6)38)30(41-20(4)36)28(44-29)16-39-18(2)34/h7-10,13,15,28-32H,11-12,14,16,33H2,1-6H3/t28-,29+,30-,31+,32+/m1/s1/i2D,4D,5D,6D. The van der Waals surface area contributed by atoms with Gasteiger partial charge in [-0.05, 0) is 60.7 Å². The van der Waals surface area contributed by atoms with Crippen molar-refractivity contribution in [1.29, 1.82) is 0 Å². The predicted octanol–water partition coefficient (Wildman–Crippen LogP) is 2.81. The van der Waals surface area contributed by atoms with Gasteiger partial charge in [0.25, 0.3) is 0 Å². The summed E-state index contributed by atoms with van der Waals surface area (Å²) in [7, 11) is 0. The van der Waals surface area contributed by atoms with Crippen molar-refractivity contribution in [1.82, 2.24) is 0 Å². The Morgan fingerprint density at radius 2 is 1.41 bits per heavy atom. The number of aryl methyl sites for hydroxylation is 1. The first-order chi connectivity index (χ1) is 22.9. The van der Waals surface area contributed by atoms with Gasteiger partial charge in [-0.1, -0.05) is 24.3 Å². The molecule has 1 heterocycles. The minimum absolute atomic E-state index is 0.00644. The van der Waals surface area contributed by atoms with E-state index in [4.69, 9.17) is 39.6 Å². The number of hydrogen-bond acceptors (Lipinski definition) is 12. The minimum atomic E-state index is -1.70. The lowest BCUT2D eigenvalue weighted by Gasteiger charge is -2.44. The van der Waals surface area contributed by atoms with Gasteiger partial charge in [-0.15, -0.1) is 0 Å². The SMILES string of the molecule is [2H]CC(=O)OC[C@H]1O[C@@H](c2cc(Cc3ccc(CCN)cc3)c(C)cc2OC(C)=O)[C@H](OC(=O)C[2H])[C@@H](OC(=O)C[2H])[C@@H]1OC(=O)C[2H]. The van der Waals surface area contributed by atoms with Gasteiger partial charge < -0.3 is 34.2 Å². The Bertz CT molecular complexity index is 1460. The van der Waals surface area contributed by atoms with Gasteiger partial charge in [-0.25, -0.2) is 0 Å². The zero-order valence-electron chi connectivity index (χ0n) is 28.6. The Morgan fingerprint density at radius 3 is 2.00 bits per heavy atom. The van der Waals surface area contributed by atoms with Crippen LogP contribution in [0, 0.1) is 6.92 Å². The number of hydrogen-bond donors (Lipinski definition) is 1. The van der Waals surface area contributed by atoms with Gasteiger partial charge in [0.1, 0.15) is 24.6 Å². The van der Waals surface area contributed by atoms with Gasteiger partial charge in [-0.2, -0.15) is 0 Å². The molecule has 0 saturated carbocycles. The van der Waals surface area contributed by atoms with E-state index in [0.29, 0.717) is 19.4 Å². The Kier molecular flexibility index (Phi) is 9.99. The third kappa shape index (κ3) is 9.35. The van der Waals surface area contributed by atoms with Crippen LogP contribution in [0.25, 0.3) is 0 Å². The van der Waals surface area contributed by atoms with Gasteiger partial charge in [0.05, 0.1) is 0 Å². The molecule has 0 radical (unpaired) electrons. The molecule has 0 spiro atoms. The van der Waals surface area contributed by atoms with E-state index in [1.807, 2.05) is 24.3 Å². The van der Waals surface area contributed by atoms with Crippen molar-refractivity contribution in [3.05, 3.63) is 64.2 Å². The van der Waals surface area contributed by atoms with Crippen LogP contribution < -0.4 is 10.5 Å². The zero-order chi connectivity index (χ0) is 35.4. The summed E-state index contributed by atoms with van der Waals surface area (Å²) >= 11 is 0. The molecule has 3 rings (SSSR count). The molecule has 1 aliphatic heterocycles. The average Bonchev–Trinajstić information content (AvgIpc) is 3.07. The molecular weight excluding hydrogens is 574 g/mol. The minimum Gasteiger partial charge on any atom is -0.463 e. The van der Waals surface area contributed by atoms with Crippen molar-refractivity contribution in [3.63, 3.8) is 0 Å². The fourth-order valence-corrected chi connectivity index (χ4v) is 4.95.